The van der Waals surface area contributed by atoms with Gasteiger partial charge in [-0.1, -0.05) is 0 Å². The fourth-order valence-corrected chi connectivity index (χ4v) is 2.97. The SMILES string of the molecule is Cc1cc(C)n(Cc2nc(-c3ccc(NC(=O)c4ccco4)cc3)oc2C)n1. The number of rotatable bonds is 5. The topological polar surface area (TPSA) is 86.1 Å². The van der Waals surface area contributed by atoms with Crippen LogP contribution in [0.3, 0.4) is 0 Å². The molecule has 0 saturated heterocycles. The van der Waals surface area contributed by atoms with Gasteiger partial charge in [0.05, 0.1) is 18.5 Å². The normalized spacial score (nSPS) is 11.0. The van der Waals surface area contributed by atoms with Gasteiger partial charge in [-0.15, -0.1) is 0 Å². The molecule has 4 aromatic rings. The molecule has 0 atom stereocenters. The van der Waals surface area contributed by atoms with Crippen LogP contribution in [0.2, 0.25) is 0 Å². The van der Waals surface area contributed by atoms with Crippen molar-refractivity contribution in [3.05, 3.63) is 77.3 Å². The molecule has 0 aliphatic heterocycles. The van der Waals surface area contributed by atoms with Gasteiger partial charge in [-0.3, -0.25) is 9.48 Å². The third-order valence-corrected chi connectivity index (χ3v) is 4.43. The Hall–Kier alpha value is -3.61. The van der Waals surface area contributed by atoms with E-state index in [9.17, 15) is 4.79 Å². The highest BCUT2D eigenvalue weighted by atomic mass is 16.4. The van der Waals surface area contributed by atoms with Gasteiger partial charge in [-0.25, -0.2) is 4.98 Å². The molecular formula is C21H20N4O3. The monoisotopic (exact) mass is 376 g/mol. The number of furan rings is 1. The molecule has 0 fully saturated rings. The molecule has 7 heteroatoms. The zero-order valence-corrected chi connectivity index (χ0v) is 15.9. The molecule has 4 rings (SSSR count). The van der Waals surface area contributed by atoms with Crippen LogP contribution in [0.25, 0.3) is 11.5 Å². The maximum absolute atomic E-state index is 12.0. The van der Waals surface area contributed by atoms with E-state index < -0.39 is 0 Å². The van der Waals surface area contributed by atoms with E-state index in [1.165, 1.54) is 6.26 Å². The maximum Gasteiger partial charge on any atom is 0.291 e. The first kappa shape index (κ1) is 17.8. The van der Waals surface area contributed by atoms with E-state index in [2.05, 4.69) is 15.4 Å². The van der Waals surface area contributed by atoms with E-state index in [0.29, 0.717) is 18.1 Å². The predicted octanol–water partition coefficient (Wildman–Crippen LogP) is 4.36. The molecule has 7 nitrogen and oxygen atoms in total. The van der Waals surface area contributed by atoms with Gasteiger partial charge in [-0.05, 0) is 63.2 Å². The Morgan fingerprint density at radius 3 is 2.57 bits per heavy atom. The Morgan fingerprint density at radius 1 is 1.14 bits per heavy atom. The smallest absolute Gasteiger partial charge is 0.291 e. The van der Waals surface area contributed by atoms with Crippen LogP contribution in [0.5, 0.6) is 0 Å². The minimum Gasteiger partial charge on any atom is -0.459 e. The Kier molecular flexibility index (Phi) is 4.57. The first-order valence-electron chi connectivity index (χ1n) is 8.92. The summed E-state index contributed by atoms with van der Waals surface area (Å²) >= 11 is 0. The second-order valence-corrected chi connectivity index (χ2v) is 6.62. The number of carbonyl (C=O) groups is 1. The summed E-state index contributed by atoms with van der Waals surface area (Å²) in [6, 6.07) is 12.6. The average Bonchev–Trinajstić information content (AvgIpc) is 3.38. The molecule has 1 aromatic carbocycles. The second-order valence-electron chi connectivity index (χ2n) is 6.62. The molecule has 0 unspecified atom stereocenters. The van der Waals surface area contributed by atoms with Crippen LogP contribution in [0.15, 0.2) is 57.6 Å². The molecule has 3 aromatic heterocycles. The minimum atomic E-state index is -0.295. The van der Waals surface area contributed by atoms with Crippen molar-refractivity contribution in [1.29, 1.82) is 0 Å². The van der Waals surface area contributed by atoms with Crippen LogP contribution in [-0.4, -0.2) is 20.7 Å². The van der Waals surface area contributed by atoms with Crippen molar-refractivity contribution in [3.63, 3.8) is 0 Å². The van der Waals surface area contributed by atoms with Crippen molar-refractivity contribution < 1.29 is 13.6 Å². The molecule has 0 bridgehead atoms. The summed E-state index contributed by atoms with van der Waals surface area (Å²) in [4.78, 5) is 16.7. The fraction of sp³-hybridized carbons (Fsp3) is 0.190. The number of oxazole rings is 1. The first-order valence-corrected chi connectivity index (χ1v) is 8.92. The Morgan fingerprint density at radius 2 is 1.93 bits per heavy atom. The number of nitrogens with one attached hydrogen (secondary N) is 1. The molecule has 0 aliphatic carbocycles. The number of amides is 1. The number of benzene rings is 1. The summed E-state index contributed by atoms with van der Waals surface area (Å²) in [5, 5.41) is 7.26. The molecule has 0 aliphatic rings. The Bertz CT molecular complexity index is 1110. The number of hydrogen-bond acceptors (Lipinski definition) is 5. The summed E-state index contributed by atoms with van der Waals surface area (Å²) in [6.07, 6.45) is 1.46. The molecular weight excluding hydrogens is 356 g/mol. The van der Waals surface area contributed by atoms with E-state index in [1.807, 2.05) is 43.7 Å². The highest BCUT2D eigenvalue weighted by Gasteiger charge is 2.14. The van der Waals surface area contributed by atoms with Crippen LogP contribution in [-0.2, 0) is 6.54 Å². The first-order chi connectivity index (χ1) is 13.5. The van der Waals surface area contributed by atoms with Gasteiger partial charge in [-0.2, -0.15) is 5.10 Å². The second kappa shape index (κ2) is 7.19. The van der Waals surface area contributed by atoms with E-state index in [-0.39, 0.29) is 11.7 Å². The summed E-state index contributed by atoms with van der Waals surface area (Å²) in [6.45, 7) is 6.45. The highest BCUT2D eigenvalue weighted by Crippen LogP contribution is 2.24. The molecule has 1 N–H and O–H groups in total. The Balaban J connectivity index is 1.50. The van der Waals surface area contributed by atoms with Gasteiger partial charge in [0.1, 0.15) is 11.5 Å². The standard InChI is InChI=1S/C21H20N4O3/c1-13-11-14(2)25(24-13)12-18-15(3)28-21(23-18)16-6-8-17(9-7-16)22-20(26)19-5-4-10-27-19/h4-11H,12H2,1-3H3,(H,22,26). The lowest BCUT2D eigenvalue weighted by Gasteiger charge is -2.03. The maximum atomic E-state index is 12.0. The van der Waals surface area contributed by atoms with Crippen molar-refractivity contribution in [1.82, 2.24) is 14.8 Å². The Labute approximate surface area is 162 Å². The van der Waals surface area contributed by atoms with E-state index >= 15 is 0 Å². The quantitative estimate of drug-likeness (QED) is 0.559. The highest BCUT2D eigenvalue weighted by molar-refractivity contribution is 6.02. The van der Waals surface area contributed by atoms with Crippen LogP contribution < -0.4 is 5.32 Å². The largest absolute Gasteiger partial charge is 0.459 e. The molecule has 3 heterocycles. The van der Waals surface area contributed by atoms with Crippen molar-refractivity contribution in [2.45, 2.75) is 27.3 Å². The summed E-state index contributed by atoms with van der Waals surface area (Å²) in [5.74, 6) is 1.27. The molecule has 28 heavy (non-hydrogen) atoms. The summed E-state index contributed by atoms with van der Waals surface area (Å²) in [5.41, 5.74) is 4.40. The molecule has 0 radical (unpaired) electrons. The molecule has 142 valence electrons. The number of carbonyl (C=O) groups excluding carboxylic acids is 1. The lowest BCUT2D eigenvalue weighted by atomic mass is 10.2. The number of aryl methyl sites for hydroxylation is 3. The van der Waals surface area contributed by atoms with E-state index in [1.54, 1.807) is 24.3 Å². The third kappa shape index (κ3) is 3.59. The lowest BCUT2D eigenvalue weighted by Crippen LogP contribution is -2.10. The van der Waals surface area contributed by atoms with E-state index in [4.69, 9.17) is 8.83 Å². The van der Waals surface area contributed by atoms with Crippen LogP contribution >= 0.6 is 0 Å². The van der Waals surface area contributed by atoms with Crippen LogP contribution in [0.4, 0.5) is 5.69 Å². The third-order valence-electron chi connectivity index (χ3n) is 4.43. The number of hydrogen-bond donors (Lipinski definition) is 1. The minimum absolute atomic E-state index is 0.265. The van der Waals surface area contributed by atoms with E-state index in [0.717, 1.165) is 28.4 Å². The van der Waals surface area contributed by atoms with Crippen LogP contribution in [0, 0.1) is 20.8 Å². The lowest BCUT2D eigenvalue weighted by molar-refractivity contribution is 0.0996. The van der Waals surface area contributed by atoms with Gasteiger partial charge in [0, 0.05) is 16.9 Å². The number of nitrogens with zero attached hydrogens (tertiary/aromatic N) is 3. The van der Waals surface area contributed by atoms with Gasteiger partial charge in [0.2, 0.25) is 5.89 Å². The van der Waals surface area contributed by atoms with Crippen molar-refractivity contribution in [3.8, 4) is 11.5 Å². The predicted molar refractivity (Wildman–Crippen MR) is 104 cm³/mol. The molecule has 0 spiro atoms. The molecule has 0 saturated carbocycles. The zero-order valence-electron chi connectivity index (χ0n) is 15.9. The zero-order chi connectivity index (χ0) is 19.7. The van der Waals surface area contributed by atoms with Crippen molar-refractivity contribution in [2.24, 2.45) is 0 Å². The summed E-state index contributed by atoms with van der Waals surface area (Å²) in [7, 11) is 0. The number of aromatic nitrogens is 3. The summed E-state index contributed by atoms with van der Waals surface area (Å²) < 4.78 is 12.8. The van der Waals surface area contributed by atoms with Gasteiger partial charge >= 0.3 is 0 Å². The number of anilines is 1. The van der Waals surface area contributed by atoms with Crippen LogP contribution in [0.1, 0.15) is 33.4 Å². The molecule has 1 amide bonds. The van der Waals surface area contributed by atoms with Gasteiger partial charge < -0.3 is 14.2 Å². The van der Waals surface area contributed by atoms with Gasteiger partial charge in [0.15, 0.2) is 5.76 Å². The van der Waals surface area contributed by atoms with Gasteiger partial charge in [0.25, 0.3) is 5.91 Å². The fourth-order valence-electron chi connectivity index (χ4n) is 2.97. The average molecular weight is 376 g/mol. The van der Waals surface area contributed by atoms with Crippen molar-refractivity contribution in [2.75, 3.05) is 5.32 Å². The van der Waals surface area contributed by atoms with Crippen molar-refractivity contribution >= 4 is 11.6 Å².